The van der Waals surface area contributed by atoms with Crippen molar-refractivity contribution in [2.45, 2.75) is 6.61 Å². The van der Waals surface area contributed by atoms with Crippen LogP contribution >= 0.6 is 23.2 Å². The number of carbonyl (C=O) groups excluding carboxylic acids is 1. The van der Waals surface area contributed by atoms with Gasteiger partial charge in [0.25, 0.3) is 5.91 Å². The molecule has 0 bridgehead atoms. The van der Waals surface area contributed by atoms with E-state index in [9.17, 15) is 4.79 Å². The summed E-state index contributed by atoms with van der Waals surface area (Å²) >= 11 is 12.9. The molecule has 6 rings (SSSR count). The number of pyridine rings is 1. The quantitative estimate of drug-likeness (QED) is 0.164. The predicted octanol–water partition coefficient (Wildman–Crippen LogP) is 7.28. The number of fused-ring (bicyclic) bond motifs is 2. The summed E-state index contributed by atoms with van der Waals surface area (Å²) in [5, 5.41) is 5.49. The van der Waals surface area contributed by atoms with E-state index in [1.54, 1.807) is 18.2 Å². The first-order valence-electron chi connectivity index (χ1n) is 12.3. The lowest BCUT2D eigenvalue weighted by molar-refractivity contribution is 0.0956. The first kappa shape index (κ1) is 25.7. The van der Waals surface area contributed by atoms with Gasteiger partial charge in [-0.2, -0.15) is 5.10 Å². The molecule has 0 spiro atoms. The number of halogens is 2. The predicted molar refractivity (Wildman–Crippen MR) is 156 cm³/mol. The van der Waals surface area contributed by atoms with Gasteiger partial charge in [-0.05, 0) is 47.5 Å². The lowest BCUT2D eigenvalue weighted by Crippen LogP contribution is -2.18. The molecular weight excluding hydrogens is 549 g/mol. The minimum atomic E-state index is -0.368. The number of carbonyl (C=O) groups is 1. The maximum Gasteiger partial charge on any atom is 0.272 e. The Morgan fingerprint density at radius 2 is 1.68 bits per heavy atom. The van der Waals surface area contributed by atoms with Gasteiger partial charge in [-0.1, -0.05) is 77.8 Å². The summed E-state index contributed by atoms with van der Waals surface area (Å²) in [5.41, 5.74) is 6.86. The third-order valence-corrected chi connectivity index (χ3v) is 6.81. The van der Waals surface area contributed by atoms with Crippen LogP contribution in [0.15, 0.2) is 96.1 Å². The molecule has 1 N–H and O–H groups in total. The molecule has 0 saturated heterocycles. The SMILES string of the molecule is O=C(N/N=C/c1cc(Cl)c(OCc2ccc3c(c2)OCO3)c(Cl)c1)c1cc(-c2ccccc2)nc2ccccc12. The maximum atomic E-state index is 13.2. The highest BCUT2D eigenvalue weighted by atomic mass is 35.5. The van der Waals surface area contributed by atoms with Gasteiger partial charge in [0.15, 0.2) is 17.2 Å². The molecule has 198 valence electrons. The molecule has 9 heteroatoms. The smallest absolute Gasteiger partial charge is 0.272 e. The molecule has 4 aromatic carbocycles. The molecule has 2 heterocycles. The average molecular weight is 570 g/mol. The summed E-state index contributed by atoms with van der Waals surface area (Å²) in [5.74, 6) is 1.35. The number of hydrogen-bond donors (Lipinski definition) is 1. The summed E-state index contributed by atoms with van der Waals surface area (Å²) < 4.78 is 16.6. The number of rotatable bonds is 7. The highest BCUT2D eigenvalue weighted by molar-refractivity contribution is 6.37. The molecule has 0 aliphatic carbocycles. The van der Waals surface area contributed by atoms with Crippen molar-refractivity contribution in [3.8, 4) is 28.5 Å². The zero-order valence-electron chi connectivity index (χ0n) is 20.9. The van der Waals surface area contributed by atoms with Gasteiger partial charge >= 0.3 is 0 Å². The van der Waals surface area contributed by atoms with Gasteiger partial charge in [-0.25, -0.2) is 10.4 Å². The van der Waals surface area contributed by atoms with Crippen LogP contribution in [0.2, 0.25) is 10.0 Å². The minimum Gasteiger partial charge on any atom is -0.486 e. The van der Waals surface area contributed by atoms with E-state index in [-0.39, 0.29) is 19.3 Å². The van der Waals surface area contributed by atoms with E-state index in [4.69, 9.17) is 42.4 Å². The number of hydrogen-bond acceptors (Lipinski definition) is 6. The molecule has 1 aliphatic rings. The average Bonchev–Trinajstić information content (AvgIpc) is 3.45. The molecule has 1 amide bonds. The van der Waals surface area contributed by atoms with Gasteiger partial charge in [0.1, 0.15) is 6.61 Å². The number of nitrogens with zero attached hydrogens (tertiary/aromatic N) is 2. The minimum absolute atomic E-state index is 0.203. The van der Waals surface area contributed by atoms with E-state index in [2.05, 4.69) is 10.5 Å². The Morgan fingerprint density at radius 3 is 2.50 bits per heavy atom. The Kier molecular flexibility index (Phi) is 7.23. The van der Waals surface area contributed by atoms with Gasteiger partial charge in [-0.3, -0.25) is 4.79 Å². The standard InChI is InChI=1S/C31H21Cl2N3O4/c32-24-12-20(13-25(33)30(24)38-17-19-10-11-28-29(14-19)40-18-39-28)16-34-36-31(37)23-15-27(21-6-2-1-3-7-21)35-26-9-5-4-8-22(23)26/h1-16H,17-18H2,(H,36,37)/b34-16+. The highest BCUT2D eigenvalue weighted by Crippen LogP contribution is 2.36. The first-order chi connectivity index (χ1) is 19.5. The number of nitrogens with one attached hydrogen (secondary N) is 1. The van der Waals surface area contributed by atoms with E-state index < -0.39 is 0 Å². The number of para-hydroxylation sites is 1. The Hall–Kier alpha value is -4.59. The lowest BCUT2D eigenvalue weighted by atomic mass is 10.0. The topological polar surface area (TPSA) is 82.0 Å². The molecule has 0 unspecified atom stereocenters. The first-order valence-corrected chi connectivity index (χ1v) is 13.1. The van der Waals surface area contributed by atoms with Crippen molar-refractivity contribution in [1.29, 1.82) is 0 Å². The highest BCUT2D eigenvalue weighted by Gasteiger charge is 2.16. The molecule has 1 aromatic heterocycles. The van der Waals surface area contributed by atoms with Crippen LogP contribution in [0, 0.1) is 0 Å². The van der Waals surface area contributed by atoms with Crippen molar-refractivity contribution < 1.29 is 19.0 Å². The molecule has 1 aliphatic heterocycles. The molecule has 0 atom stereocenters. The van der Waals surface area contributed by atoms with Crippen LogP contribution in [0.5, 0.6) is 17.2 Å². The maximum absolute atomic E-state index is 13.2. The lowest BCUT2D eigenvalue weighted by Gasteiger charge is -2.11. The Labute approximate surface area is 239 Å². The van der Waals surface area contributed by atoms with Crippen molar-refractivity contribution in [3.05, 3.63) is 118 Å². The van der Waals surface area contributed by atoms with E-state index in [1.807, 2.05) is 72.8 Å². The van der Waals surface area contributed by atoms with E-state index in [0.717, 1.165) is 16.5 Å². The summed E-state index contributed by atoms with van der Waals surface area (Å²) in [6, 6.07) is 27.8. The Bertz CT molecular complexity index is 1740. The molecule has 7 nitrogen and oxygen atoms in total. The normalized spacial score (nSPS) is 12.2. The van der Waals surface area contributed by atoms with Crippen LogP contribution in [0.3, 0.4) is 0 Å². The van der Waals surface area contributed by atoms with Crippen molar-refractivity contribution in [2.75, 3.05) is 6.79 Å². The van der Waals surface area contributed by atoms with Gasteiger partial charge in [0.05, 0.1) is 33.0 Å². The second-order valence-corrected chi connectivity index (χ2v) is 9.74. The molecule has 40 heavy (non-hydrogen) atoms. The zero-order chi connectivity index (χ0) is 27.5. The molecule has 0 fully saturated rings. The van der Waals surface area contributed by atoms with E-state index in [0.29, 0.717) is 49.6 Å². The third kappa shape index (κ3) is 5.43. The number of hydrazone groups is 1. The summed E-state index contributed by atoms with van der Waals surface area (Å²) in [7, 11) is 0. The fraction of sp³-hybridized carbons (Fsp3) is 0.0645. The van der Waals surface area contributed by atoms with Crippen LogP contribution in [-0.2, 0) is 6.61 Å². The number of ether oxygens (including phenoxy) is 3. The fourth-order valence-electron chi connectivity index (χ4n) is 4.32. The summed E-state index contributed by atoms with van der Waals surface area (Å²) in [6.07, 6.45) is 1.47. The fourth-order valence-corrected chi connectivity index (χ4v) is 4.94. The van der Waals surface area contributed by atoms with Crippen LogP contribution in [-0.4, -0.2) is 23.9 Å². The van der Waals surface area contributed by atoms with Crippen LogP contribution in [0.4, 0.5) is 0 Å². The van der Waals surface area contributed by atoms with Crippen molar-refractivity contribution >= 4 is 46.2 Å². The van der Waals surface area contributed by atoms with Gasteiger partial charge < -0.3 is 14.2 Å². The van der Waals surface area contributed by atoms with Gasteiger partial charge in [0, 0.05) is 10.9 Å². The van der Waals surface area contributed by atoms with Crippen LogP contribution in [0.1, 0.15) is 21.5 Å². The summed E-state index contributed by atoms with van der Waals surface area (Å²) in [6.45, 7) is 0.444. The Balaban J connectivity index is 1.17. The number of aromatic nitrogens is 1. The van der Waals surface area contributed by atoms with E-state index in [1.165, 1.54) is 6.21 Å². The van der Waals surface area contributed by atoms with Gasteiger partial charge in [0.2, 0.25) is 6.79 Å². The molecule has 5 aromatic rings. The second kappa shape index (κ2) is 11.3. The molecular formula is C31H21Cl2N3O4. The zero-order valence-corrected chi connectivity index (χ0v) is 22.4. The molecule has 0 radical (unpaired) electrons. The number of amides is 1. The van der Waals surface area contributed by atoms with Gasteiger partial charge in [-0.15, -0.1) is 0 Å². The van der Waals surface area contributed by atoms with Crippen LogP contribution in [0.25, 0.3) is 22.2 Å². The van der Waals surface area contributed by atoms with E-state index >= 15 is 0 Å². The Morgan fingerprint density at radius 1 is 0.925 bits per heavy atom. The van der Waals surface area contributed by atoms with Crippen molar-refractivity contribution in [3.63, 3.8) is 0 Å². The summed E-state index contributed by atoms with van der Waals surface area (Å²) in [4.78, 5) is 17.9. The van der Waals surface area contributed by atoms with Crippen molar-refractivity contribution in [2.24, 2.45) is 5.10 Å². The van der Waals surface area contributed by atoms with Crippen LogP contribution < -0.4 is 19.6 Å². The monoisotopic (exact) mass is 569 g/mol. The van der Waals surface area contributed by atoms with Crippen molar-refractivity contribution in [1.82, 2.24) is 10.4 Å². The molecule has 0 saturated carbocycles. The largest absolute Gasteiger partial charge is 0.486 e. The second-order valence-electron chi connectivity index (χ2n) is 8.93. The number of benzene rings is 4. The third-order valence-electron chi connectivity index (χ3n) is 6.25.